The third-order valence-corrected chi connectivity index (χ3v) is 5.94. The Morgan fingerprint density at radius 1 is 0.943 bits per heavy atom. The van der Waals surface area contributed by atoms with Crippen LogP contribution in [0, 0.1) is 0 Å². The number of hydrazone groups is 1. The van der Waals surface area contributed by atoms with Crippen molar-refractivity contribution < 1.29 is 9.59 Å². The van der Waals surface area contributed by atoms with Crippen molar-refractivity contribution in [2.75, 3.05) is 18.9 Å². The summed E-state index contributed by atoms with van der Waals surface area (Å²) in [6.07, 6.45) is 1.02. The number of hydrogen-bond donors (Lipinski definition) is 5. The second-order valence-electron chi connectivity index (χ2n) is 8.51. The molecule has 0 aromatic heterocycles. The number of carbonyl (C=O) groups is 2. The Bertz CT molecular complexity index is 1250. The summed E-state index contributed by atoms with van der Waals surface area (Å²) in [5, 5.41) is 9.56. The van der Waals surface area contributed by atoms with Gasteiger partial charge < -0.3 is 21.3 Å². The smallest absolute Gasteiger partial charge is 0.255 e. The van der Waals surface area contributed by atoms with E-state index in [1.165, 1.54) is 11.1 Å². The number of fused-ring (bicyclic) bond motifs is 1. The highest BCUT2D eigenvalue weighted by Crippen LogP contribution is 2.22. The van der Waals surface area contributed by atoms with Crippen LogP contribution in [0.15, 0.2) is 71.8 Å². The van der Waals surface area contributed by atoms with Crippen molar-refractivity contribution in [3.63, 3.8) is 0 Å². The minimum absolute atomic E-state index is 0.191. The number of amidine groups is 1. The molecule has 1 aliphatic heterocycles. The molecule has 0 saturated heterocycles. The number of hydrazine groups is 1. The number of amides is 2. The van der Waals surface area contributed by atoms with Crippen LogP contribution in [-0.2, 0) is 19.5 Å². The van der Waals surface area contributed by atoms with Crippen molar-refractivity contribution in [1.29, 1.82) is 0 Å². The molecule has 0 aliphatic carbocycles. The minimum Gasteiger partial charge on any atom is -0.382 e. The number of rotatable bonds is 7. The summed E-state index contributed by atoms with van der Waals surface area (Å²) in [6, 6.07) is 20.0. The maximum Gasteiger partial charge on any atom is 0.255 e. The van der Waals surface area contributed by atoms with Crippen molar-refractivity contribution in [1.82, 2.24) is 15.8 Å². The van der Waals surface area contributed by atoms with E-state index in [9.17, 15) is 9.59 Å². The van der Waals surface area contributed by atoms with E-state index in [-0.39, 0.29) is 24.2 Å². The molecule has 1 aliphatic rings. The molecule has 180 valence electrons. The zero-order valence-corrected chi connectivity index (χ0v) is 19.5. The Hall–Kier alpha value is -4.21. The van der Waals surface area contributed by atoms with Crippen LogP contribution in [0.25, 0.3) is 0 Å². The molecule has 2 amide bonds. The predicted molar refractivity (Wildman–Crippen MR) is 137 cm³/mol. The molecule has 35 heavy (non-hydrogen) atoms. The van der Waals surface area contributed by atoms with Gasteiger partial charge in [-0.25, -0.2) is 11.4 Å². The number of likely N-dealkylation sites (N-methyl/N-ethyl adjacent to an activating group) is 1. The molecule has 0 saturated carbocycles. The summed E-state index contributed by atoms with van der Waals surface area (Å²) in [5.41, 5.74) is 13.7. The molecule has 0 unspecified atom stereocenters. The topological polar surface area (TPSA) is 138 Å². The average molecular weight is 472 g/mol. The summed E-state index contributed by atoms with van der Waals surface area (Å²) < 4.78 is 0. The van der Waals surface area contributed by atoms with Gasteiger partial charge in [-0.2, -0.15) is 0 Å². The largest absolute Gasteiger partial charge is 0.382 e. The monoisotopic (exact) mass is 471 g/mol. The van der Waals surface area contributed by atoms with E-state index in [1.807, 2.05) is 18.2 Å². The van der Waals surface area contributed by atoms with Crippen LogP contribution in [0.3, 0.4) is 0 Å². The molecule has 7 N–H and O–H groups in total. The summed E-state index contributed by atoms with van der Waals surface area (Å²) >= 11 is 0. The lowest BCUT2D eigenvalue weighted by Gasteiger charge is -2.25. The number of benzene rings is 3. The molecule has 3 aromatic carbocycles. The van der Waals surface area contributed by atoms with Crippen LogP contribution >= 0.6 is 0 Å². The Kier molecular flexibility index (Phi) is 7.39. The molecule has 9 heteroatoms. The summed E-state index contributed by atoms with van der Waals surface area (Å²) in [7, 11) is 2.10. The van der Waals surface area contributed by atoms with E-state index in [2.05, 4.69) is 39.3 Å². The van der Waals surface area contributed by atoms with Gasteiger partial charge in [-0.3, -0.25) is 9.59 Å². The van der Waals surface area contributed by atoms with Crippen molar-refractivity contribution in [2.45, 2.75) is 19.5 Å². The zero-order valence-electron chi connectivity index (χ0n) is 19.5. The highest BCUT2D eigenvalue weighted by Gasteiger charge is 2.15. The van der Waals surface area contributed by atoms with Gasteiger partial charge in [-0.15, -0.1) is 5.10 Å². The van der Waals surface area contributed by atoms with Gasteiger partial charge in [-0.05, 0) is 66.6 Å². The third kappa shape index (κ3) is 6.03. The highest BCUT2D eigenvalue weighted by atomic mass is 16.2. The van der Waals surface area contributed by atoms with E-state index in [0.29, 0.717) is 16.7 Å². The summed E-state index contributed by atoms with van der Waals surface area (Å²) in [5.74, 6) is 4.92. The lowest BCUT2D eigenvalue weighted by molar-refractivity contribution is 0.0950. The first kappa shape index (κ1) is 23.9. The van der Waals surface area contributed by atoms with Crippen LogP contribution in [0.4, 0.5) is 5.69 Å². The second kappa shape index (κ2) is 10.8. The fourth-order valence-electron chi connectivity index (χ4n) is 4.01. The number of anilines is 1. The van der Waals surface area contributed by atoms with Crippen molar-refractivity contribution >= 4 is 23.3 Å². The molecule has 4 rings (SSSR count). The second-order valence-corrected chi connectivity index (χ2v) is 8.51. The van der Waals surface area contributed by atoms with Gasteiger partial charge in [0.1, 0.15) is 0 Å². The van der Waals surface area contributed by atoms with Crippen LogP contribution in [0.5, 0.6) is 0 Å². The van der Waals surface area contributed by atoms with Gasteiger partial charge in [0, 0.05) is 42.0 Å². The first-order chi connectivity index (χ1) is 16.9. The standard InChI is InChI=1S/C26H29N7O2/c1-33-12-11-18-9-10-23(14-22(18)16-33)30-26(35)21-4-2-3-17(13-21)15-29-25(34)20-7-5-19(6-8-20)24(27)31-32-28/h2-10,13-14,32H,11-12,15-16,28H2,1H3,(H2,27,31)(H,29,34)(H,30,35). The van der Waals surface area contributed by atoms with Gasteiger partial charge in [0.15, 0.2) is 5.84 Å². The predicted octanol–water partition coefficient (Wildman–Crippen LogP) is 1.94. The van der Waals surface area contributed by atoms with Gasteiger partial charge >= 0.3 is 0 Å². The van der Waals surface area contributed by atoms with E-state index in [0.717, 1.165) is 30.8 Å². The maximum atomic E-state index is 12.9. The molecular formula is C26H29N7O2. The van der Waals surface area contributed by atoms with Gasteiger partial charge in [-0.1, -0.05) is 30.3 Å². The maximum absolute atomic E-state index is 12.9. The number of nitrogens with zero attached hydrogens (tertiary/aromatic N) is 2. The van der Waals surface area contributed by atoms with E-state index >= 15 is 0 Å². The first-order valence-corrected chi connectivity index (χ1v) is 11.3. The highest BCUT2D eigenvalue weighted by molar-refractivity contribution is 6.04. The van der Waals surface area contributed by atoms with Crippen molar-refractivity contribution in [3.8, 4) is 0 Å². The fourth-order valence-corrected chi connectivity index (χ4v) is 4.01. The Labute approximate surface area is 204 Å². The third-order valence-electron chi connectivity index (χ3n) is 5.94. The fraction of sp³-hybridized carbons (Fsp3) is 0.192. The molecule has 3 aromatic rings. The van der Waals surface area contributed by atoms with Crippen molar-refractivity contribution in [3.05, 3.63) is 100 Å². The SMILES string of the molecule is CN1CCc2ccc(NC(=O)c3cccc(CNC(=O)c4ccc(/C(N)=N/NN)cc4)c3)cc2C1. The van der Waals surface area contributed by atoms with Gasteiger partial charge in [0.25, 0.3) is 11.8 Å². The summed E-state index contributed by atoms with van der Waals surface area (Å²) in [4.78, 5) is 27.7. The van der Waals surface area contributed by atoms with E-state index in [1.54, 1.807) is 42.5 Å². The molecule has 0 spiro atoms. The quantitative estimate of drug-likeness (QED) is 0.155. The Morgan fingerprint density at radius 2 is 1.71 bits per heavy atom. The molecule has 0 bridgehead atoms. The van der Waals surface area contributed by atoms with Crippen LogP contribution in [0.1, 0.15) is 43.0 Å². The molecular weight excluding hydrogens is 442 g/mol. The Morgan fingerprint density at radius 3 is 2.49 bits per heavy atom. The van der Waals surface area contributed by atoms with Gasteiger partial charge in [0.05, 0.1) is 0 Å². The number of hydrogen-bond acceptors (Lipinski definition) is 6. The lowest BCUT2D eigenvalue weighted by atomic mass is 9.99. The normalized spacial score (nSPS) is 13.6. The number of carbonyl (C=O) groups excluding carboxylic acids is 2. The van der Waals surface area contributed by atoms with E-state index < -0.39 is 0 Å². The first-order valence-electron chi connectivity index (χ1n) is 11.3. The number of nitrogens with two attached hydrogens (primary N) is 2. The molecule has 1 heterocycles. The van der Waals surface area contributed by atoms with Gasteiger partial charge in [0.2, 0.25) is 0 Å². The van der Waals surface area contributed by atoms with E-state index in [4.69, 9.17) is 11.6 Å². The molecule has 0 radical (unpaired) electrons. The zero-order chi connectivity index (χ0) is 24.8. The summed E-state index contributed by atoms with van der Waals surface area (Å²) in [6.45, 7) is 2.21. The Balaban J connectivity index is 1.36. The average Bonchev–Trinajstić information content (AvgIpc) is 2.87. The molecule has 9 nitrogen and oxygen atoms in total. The molecule has 0 fully saturated rings. The number of nitrogens with one attached hydrogen (secondary N) is 3. The minimum atomic E-state index is -0.238. The van der Waals surface area contributed by atoms with Crippen molar-refractivity contribution in [2.24, 2.45) is 16.7 Å². The lowest BCUT2D eigenvalue weighted by Crippen LogP contribution is -2.26. The van der Waals surface area contributed by atoms with Crippen LogP contribution < -0.4 is 27.7 Å². The molecule has 0 atom stereocenters. The van der Waals surface area contributed by atoms with Crippen LogP contribution in [-0.4, -0.2) is 36.1 Å². The van der Waals surface area contributed by atoms with Crippen LogP contribution in [0.2, 0.25) is 0 Å².